The number of nitrogens with zero attached hydrogens (tertiary/aromatic N) is 1. The third kappa shape index (κ3) is 2.86. The van der Waals surface area contributed by atoms with Crippen LogP contribution >= 0.6 is 22.9 Å². The molecule has 2 aromatic heterocycles. The topological polar surface area (TPSA) is 111 Å². The molecule has 8 heteroatoms. The number of hydrogen-bond donors (Lipinski definition) is 3. The third-order valence-electron chi connectivity index (χ3n) is 3.88. The van der Waals surface area contributed by atoms with Crippen molar-refractivity contribution in [2.45, 2.75) is 13.8 Å². The highest BCUT2D eigenvalue weighted by molar-refractivity contribution is 7.21. The number of halogens is 1. The van der Waals surface area contributed by atoms with E-state index in [1.807, 2.05) is 12.1 Å². The number of nitrogen functional groups attached to an aromatic ring is 2. The second kappa shape index (κ2) is 6.44. The van der Waals surface area contributed by atoms with Gasteiger partial charge in [0.05, 0.1) is 11.4 Å². The number of anilines is 1. The van der Waals surface area contributed by atoms with Gasteiger partial charge < -0.3 is 5.73 Å². The molecule has 0 aliphatic carbocycles. The van der Waals surface area contributed by atoms with Crippen molar-refractivity contribution in [1.29, 1.82) is 0 Å². The molecule has 6 nitrogen and oxygen atoms in total. The number of benzene rings is 1. The number of hydrazine groups is 1. The minimum absolute atomic E-state index is 0.132. The SMILES string of the molecule is CC(=O)c1c(C)nc2sc(C(=O)NN)c(N)c2c1-c1ccc(Cl)cc1. The number of aromatic nitrogens is 1. The molecule has 3 rings (SSSR count). The molecular weight excluding hydrogens is 360 g/mol. The monoisotopic (exact) mass is 374 g/mol. The van der Waals surface area contributed by atoms with Crippen molar-refractivity contribution >= 4 is 50.5 Å². The molecule has 5 N–H and O–H groups in total. The van der Waals surface area contributed by atoms with Crippen molar-refractivity contribution in [3.05, 3.63) is 45.4 Å². The Bertz CT molecular complexity index is 1010. The van der Waals surface area contributed by atoms with E-state index in [9.17, 15) is 9.59 Å². The highest BCUT2D eigenvalue weighted by atomic mass is 35.5. The first kappa shape index (κ1) is 17.3. The van der Waals surface area contributed by atoms with Gasteiger partial charge in [-0.25, -0.2) is 10.8 Å². The number of carbonyl (C=O) groups excluding carboxylic acids is 2. The number of fused-ring (bicyclic) bond motifs is 1. The number of amides is 1. The molecule has 0 fully saturated rings. The van der Waals surface area contributed by atoms with Gasteiger partial charge in [0.25, 0.3) is 5.91 Å². The van der Waals surface area contributed by atoms with Crippen LogP contribution in [-0.2, 0) is 0 Å². The molecule has 0 aliphatic rings. The lowest BCUT2D eigenvalue weighted by atomic mass is 9.93. The molecule has 0 spiro atoms. The normalized spacial score (nSPS) is 10.9. The second-order valence-electron chi connectivity index (χ2n) is 5.51. The fraction of sp³-hybridized carbons (Fsp3) is 0.118. The molecule has 2 heterocycles. The van der Waals surface area contributed by atoms with E-state index in [0.29, 0.717) is 32.1 Å². The Kier molecular flexibility index (Phi) is 4.47. The Morgan fingerprint density at radius 1 is 1.24 bits per heavy atom. The Labute approximate surface area is 152 Å². The predicted octanol–water partition coefficient (Wildman–Crippen LogP) is 3.31. The van der Waals surface area contributed by atoms with E-state index in [0.717, 1.165) is 16.9 Å². The molecule has 0 bridgehead atoms. The zero-order chi connectivity index (χ0) is 18.3. The van der Waals surface area contributed by atoms with E-state index in [2.05, 4.69) is 10.4 Å². The minimum atomic E-state index is -0.496. The summed E-state index contributed by atoms with van der Waals surface area (Å²) in [7, 11) is 0. The molecule has 0 radical (unpaired) electrons. The maximum absolute atomic E-state index is 12.3. The highest BCUT2D eigenvalue weighted by Gasteiger charge is 2.24. The van der Waals surface area contributed by atoms with Gasteiger partial charge in [0.2, 0.25) is 0 Å². The zero-order valence-corrected chi connectivity index (χ0v) is 15.1. The first-order valence-corrected chi connectivity index (χ1v) is 8.55. The smallest absolute Gasteiger partial charge is 0.277 e. The Hall–Kier alpha value is -2.48. The van der Waals surface area contributed by atoms with Gasteiger partial charge in [0.15, 0.2) is 5.78 Å². The van der Waals surface area contributed by atoms with Crippen LogP contribution in [0.3, 0.4) is 0 Å². The first-order valence-electron chi connectivity index (χ1n) is 7.35. The number of pyridine rings is 1. The fourth-order valence-corrected chi connectivity index (χ4v) is 4.02. The number of nitrogens with one attached hydrogen (secondary N) is 1. The molecule has 0 saturated carbocycles. The molecule has 0 unspecified atom stereocenters. The van der Waals surface area contributed by atoms with E-state index >= 15 is 0 Å². The van der Waals surface area contributed by atoms with Gasteiger partial charge in [-0.05, 0) is 31.5 Å². The van der Waals surface area contributed by atoms with Crippen LogP contribution in [0.15, 0.2) is 24.3 Å². The van der Waals surface area contributed by atoms with E-state index in [1.165, 1.54) is 6.92 Å². The summed E-state index contributed by atoms with van der Waals surface area (Å²) in [5.74, 6) is 4.60. The van der Waals surface area contributed by atoms with Crippen LogP contribution in [0.4, 0.5) is 5.69 Å². The summed E-state index contributed by atoms with van der Waals surface area (Å²) in [6, 6.07) is 7.09. The lowest BCUT2D eigenvalue weighted by molar-refractivity contribution is 0.0957. The molecule has 1 amide bonds. The summed E-state index contributed by atoms with van der Waals surface area (Å²) < 4.78 is 0. The molecule has 0 saturated heterocycles. The summed E-state index contributed by atoms with van der Waals surface area (Å²) >= 11 is 7.12. The van der Waals surface area contributed by atoms with Gasteiger partial charge in [-0.2, -0.15) is 0 Å². The van der Waals surface area contributed by atoms with Gasteiger partial charge in [-0.1, -0.05) is 23.7 Å². The summed E-state index contributed by atoms with van der Waals surface area (Å²) in [5.41, 5.74) is 11.0. The van der Waals surface area contributed by atoms with Crippen LogP contribution in [-0.4, -0.2) is 16.7 Å². The standard InChI is InChI=1S/C17H15ClN4O2S/c1-7-11(8(2)23)12(9-3-5-10(18)6-4-9)13-14(19)15(16(24)22-20)25-17(13)21-7/h3-6H,19-20H2,1-2H3,(H,22,24). The van der Waals surface area contributed by atoms with E-state index in [4.69, 9.17) is 23.2 Å². The molecule has 0 atom stereocenters. The minimum Gasteiger partial charge on any atom is -0.397 e. The van der Waals surface area contributed by atoms with Gasteiger partial charge >= 0.3 is 0 Å². The molecule has 128 valence electrons. The number of aryl methyl sites for hydroxylation is 1. The number of carbonyl (C=O) groups is 2. The maximum Gasteiger partial charge on any atom is 0.277 e. The summed E-state index contributed by atoms with van der Waals surface area (Å²) in [6.07, 6.45) is 0. The van der Waals surface area contributed by atoms with Crippen molar-refractivity contribution in [2.24, 2.45) is 5.84 Å². The number of hydrogen-bond acceptors (Lipinski definition) is 6. The second-order valence-corrected chi connectivity index (χ2v) is 6.94. The average molecular weight is 375 g/mol. The van der Waals surface area contributed by atoms with Gasteiger partial charge in [0, 0.05) is 21.5 Å². The van der Waals surface area contributed by atoms with Gasteiger partial charge in [-0.15, -0.1) is 11.3 Å². The number of Topliss-reactive ketones (excluding diaryl/α,β-unsaturated/α-hetero) is 1. The quantitative estimate of drug-likeness (QED) is 0.282. The number of nitrogens with two attached hydrogens (primary N) is 2. The van der Waals surface area contributed by atoms with E-state index in [1.54, 1.807) is 19.1 Å². The Morgan fingerprint density at radius 3 is 2.44 bits per heavy atom. The average Bonchev–Trinajstić information content (AvgIpc) is 2.89. The van der Waals surface area contributed by atoms with E-state index < -0.39 is 5.91 Å². The van der Waals surface area contributed by atoms with Crippen molar-refractivity contribution in [1.82, 2.24) is 10.4 Å². The lowest BCUT2D eigenvalue weighted by Gasteiger charge is -2.12. The van der Waals surface area contributed by atoms with Crippen molar-refractivity contribution in [3.8, 4) is 11.1 Å². The summed E-state index contributed by atoms with van der Waals surface area (Å²) in [6.45, 7) is 3.24. The Balaban J connectivity index is 2.47. The first-order chi connectivity index (χ1) is 11.8. The number of rotatable bonds is 3. The van der Waals surface area contributed by atoms with Gasteiger partial charge in [0.1, 0.15) is 9.71 Å². The largest absolute Gasteiger partial charge is 0.397 e. The summed E-state index contributed by atoms with van der Waals surface area (Å²) in [4.78, 5) is 29.6. The zero-order valence-electron chi connectivity index (χ0n) is 13.5. The van der Waals surface area contributed by atoms with E-state index in [-0.39, 0.29) is 16.3 Å². The highest BCUT2D eigenvalue weighted by Crippen LogP contribution is 2.42. The van der Waals surface area contributed by atoms with Crippen LogP contribution in [0.5, 0.6) is 0 Å². The third-order valence-corrected chi connectivity index (χ3v) is 5.23. The summed E-state index contributed by atoms with van der Waals surface area (Å²) in [5, 5.41) is 1.15. The van der Waals surface area contributed by atoms with Crippen molar-refractivity contribution in [3.63, 3.8) is 0 Å². The van der Waals surface area contributed by atoms with Crippen molar-refractivity contribution in [2.75, 3.05) is 5.73 Å². The van der Waals surface area contributed by atoms with Gasteiger partial charge in [-0.3, -0.25) is 15.0 Å². The molecular formula is C17H15ClN4O2S. The van der Waals surface area contributed by atoms with Crippen LogP contribution in [0, 0.1) is 6.92 Å². The van der Waals surface area contributed by atoms with Crippen LogP contribution in [0.2, 0.25) is 5.02 Å². The number of thiophene rings is 1. The van der Waals surface area contributed by atoms with Crippen LogP contribution in [0.25, 0.3) is 21.3 Å². The van der Waals surface area contributed by atoms with Crippen LogP contribution < -0.4 is 17.0 Å². The maximum atomic E-state index is 12.3. The fourth-order valence-electron chi connectivity index (χ4n) is 2.84. The number of ketones is 1. The molecule has 3 aromatic rings. The van der Waals surface area contributed by atoms with Crippen LogP contribution in [0.1, 0.15) is 32.6 Å². The molecule has 0 aliphatic heterocycles. The molecule has 1 aromatic carbocycles. The Morgan fingerprint density at radius 2 is 1.88 bits per heavy atom. The predicted molar refractivity (Wildman–Crippen MR) is 101 cm³/mol. The lowest BCUT2D eigenvalue weighted by Crippen LogP contribution is -2.29. The molecule has 25 heavy (non-hydrogen) atoms. The van der Waals surface area contributed by atoms with Crippen molar-refractivity contribution < 1.29 is 9.59 Å².